The van der Waals surface area contributed by atoms with Crippen molar-refractivity contribution in [3.05, 3.63) is 0 Å². The molecule has 2 unspecified atom stereocenters. The zero-order valence-corrected chi connectivity index (χ0v) is 12.3. The van der Waals surface area contributed by atoms with Gasteiger partial charge in [-0.3, -0.25) is 19.3 Å². The lowest BCUT2D eigenvalue weighted by Gasteiger charge is -2.15. The number of amides is 2. The molecule has 2 N–H and O–H groups in total. The van der Waals surface area contributed by atoms with Crippen molar-refractivity contribution in [2.45, 2.75) is 13.8 Å². The lowest BCUT2D eigenvalue weighted by Crippen LogP contribution is -2.40. The van der Waals surface area contributed by atoms with E-state index in [-0.39, 0.29) is 36.2 Å². The van der Waals surface area contributed by atoms with E-state index in [1.807, 2.05) is 11.8 Å². The Morgan fingerprint density at radius 2 is 1.85 bits per heavy atom. The normalized spacial score (nSPS) is 22.4. The van der Waals surface area contributed by atoms with Crippen molar-refractivity contribution in [2.75, 3.05) is 39.8 Å². The number of esters is 1. The second-order valence-corrected chi connectivity index (χ2v) is 5.13. The number of nitrogens with one attached hydrogen (secondary N) is 2. The van der Waals surface area contributed by atoms with Gasteiger partial charge in [0, 0.05) is 33.1 Å². The molecule has 0 saturated carbocycles. The van der Waals surface area contributed by atoms with Crippen LogP contribution in [0.2, 0.25) is 0 Å². The van der Waals surface area contributed by atoms with Crippen LogP contribution in [0.1, 0.15) is 13.8 Å². The summed E-state index contributed by atoms with van der Waals surface area (Å²) in [4.78, 5) is 35.9. The molecule has 0 aromatic rings. The van der Waals surface area contributed by atoms with Crippen molar-refractivity contribution in [1.29, 1.82) is 0 Å². The van der Waals surface area contributed by atoms with Crippen LogP contribution in [-0.4, -0.2) is 62.5 Å². The van der Waals surface area contributed by atoms with Gasteiger partial charge in [-0.05, 0) is 5.92 Å². The predicted molar refractivity (Wildman–Crippen MR) is 72.8 cm³/mol. The third-order valence-electron chi connectivity index (χ3n) is 3.38. The average molecular weight is 285 g/mol. The maximum Gasteiger partial charge on any atom is 0.310 e. The van der Waals surface area contributed by atoms with Gasteiger partial charge < -0.3 is 15.4 Å². The Kier molecular flexibility index (Phi) is 6.44. The molecule has 0 bridgehead atoms. The molecule has 20 heavy (non-hydrogen) atoms. The molecule has 2 amide bonds. The Morgan fingerprint density at radius 3 is 2.45 bits per heavy atom. The standard InChI is InChI=1S/C13H23N3O4/c1-9-6-16(7-11(9)13(19)20-3)8-12(18)15-5-4-14-10(2)17/h9,11H,4-8H2,1-3H3,(H,14,17)(H,15,18). The highest BCUT2D eigenvalue weighted by Gasteiger charge is 2.35. The largest absolute Gasteiger partial charge is 0.469 e. The molecule has 0 spiro atoms. The maximum atomic E-state index is 11.7. The number of rotatable bonds is 6. The predicted octanol–water partition coefficient (Wildman–Crippen LogP) is -1.02. The van der Waals surface area contributed by atoms with E-state index in [0.717, 1.165) is 0 Å². The van der Waals surface area contributed by atoms with Crippen LogP contribution in [0.4, 0.5) is 0 Å². The third-order valence-corrected chi connectivity index (χ3v) is 3.38. The van der Waals surface area contributed by atoms with Gasteiger partial charge in [-0.2, -0.15) is 0 Å². The van der Waals surface area contributed by atoms with Gasteiger partial charge in [0.15, 0.2) is 0 Å². The zero-order chi connectivity index (χ0) is 15.1. The van der Waals surface area contributed by atoms with Crippen molar-refractivity contribution in [1.82, 2.24) is 15.5 Å². The Labute approximate surface area is 119 Å². The molecule has 0 aromatic heterocycles. The Bertz CT molecular complexity index is 373. The zero-order valence-electron chi connectivity index (χ0n) is 12.3. The molecular formula is C13H23N3O4. The minimum atomic E-state index is -0.217. The number of likely N-dealkylation sites (tertiary alicyclic amines) is 1. The molecule has 1 rings (SSSR count). The van der Waals surface area contributed by atoms with E-state index in [1.165, 1.54) is 14.0 Å². The van der Waals surface area contributed by atoms with Crippen molar-refractivity contribution < 1.29 is 19.1 Å². The van der Waals surface area contributed by atoms with E-state index in [1.54, 1.807) is 0 Å². The third kappa shape index (κ3) is 5.16. The minimum absolute atomic E-state index is 0.104. The van der Waals surface area contributed by atoms with Gasteiger partial charge >= 0.3 is 5.97 Å². The van der Waals surface area contributed by atoms with Gasteiger partial charge in [-0.1, -0.05) is 6.92 Å². The summed E-state index contributed by atoms with van der Waals surface area (Å²) in [5.74, 6) is -0.408. The lowest BCUT2D eigenvalue weighted by atomic mass is 9.99. The fraction of sp³-hybridized carbons (Fsp3) is 0.769. The van der Waals surface area contributed by atoms with Gasteiger partial charge in [0.2, 0.25) is 11.8 Å². The van der Waals surface area contributed by atoms with Crippen LogP contribution in [0.25, 0.3) is 0 Å². The Morgan fingerprint density at radius 1 is 1.20 bits per heavy atom. The fourth-order valence-corrected chi connectivity index (χ4v) is 2.35. The summed E-state index contributed by atoms with van der Waals surface area (Å²) in [6.07, 6.45) is 0. The molecule has 0 aliphatic carbocycles. The molecule has 1 saturated heterocycles. The molecule has 114 valence electrons. The number of nitrogens with zero attached hydrogens (tertiary/aromatic N) is 1. The molecule has 1 heterocycles. The van der Waals surface area contributed by atoms with E-state index in [4.69, 9.17) is 4.74 Å². The van der Waals surface area contributed by atoms with Gasteiger partial charge in [-0.15, -0.1) is 0 Å². The smallest absolute Gasteiger partial charge is 0.310 e. The van der Waals surface area contributed by atoms with Gasteiger partial charge in [-0.25, -0.2) is 0 Å². The number of ether oxygens (including phenoxy) is 1. The monoisotopic (exact) mass is 285 g/mol. The minimum Gasteiger partial charge on any atom is -0.469 e. The average Bonchev–Trinajstić information content (AvgIpc) is 2.74. The summed E-state index contributed by atoms with van der Waals surface area (Å²) >= 11 is 0. The van der Waals surface area contributed by atoms with Crippen LogP contribution in [0.5, 0.6) is 0 Å². The highest BCUT2D eigenvalue weighted by atomic mass is 16.5. The Hall–Kier alpha value is -1.63. The summed E-state index contributed by atoms with van der Waals surface area (Å²) in [5.41, 5.74) is 0. The summed E-state index contributed by atoms with van der Waals surface area (Å²) in [6.45, 7) is 5.75. The molecule has 7 heteroatoms. The SMILES string of the molecule is COC(=O)C1CN(CC(=O)NCCNC(C)=O)CC1C. The first kappa shape index (κ1) is 16.4. The second kappa shape index (κ2) is 7.84. The highest BCUT2D eigenvalue weighted by Crippen LogP contribution is 2.23. The van der Waals surface area contributed by atoms with Crippen LogP contribution < -0.4 is 10.6 Å². The molecule has 0 radical (unpaired) electrons. The number of hydrogen-bond donors (Lipinski definition) is 2. The van der Waals surface area contributed by atoms with E-state index < -0.39 is 0 Å². The van der Waals surface area contributed by atoms with Crippen LogP contribution >= 0.6 is 0 Å². The van der Waals surface area contributed by atoms with E-state index >= 15 is 0 Å². The first-order valence-electron chi connectivity index (χ1n) is 6.75. The summed E-state index contributed by atoms with van der Waals surface area (Å²) in [5, 5.41) is 5.33. The fourth-order valence-electron chi connectivity index (χ4n) is 2.35. The van der Waals surface area contributed by atoms with Crippen molar-refractivity contribution in [3.63, 3.8) is 0 Å². The van der Waals surface area contributed by atoms with E-state index in [9.17, 15) is 14.4 Å². The lowest BCUT2D eigenvalue weighted by molar-refractivity contribution is -0.146. The number of carbonyl (C=O) groups excluding carboxylic acids is 3. The number of hydrogen-bond acceptors (Lipinski definition) is 5. The summed E-state index contributed by atoms with van der Waals surface area (Å²) in [7, 11) is 1.38. The first-order valence-corrected chi connectivity index (χ1v) is 6.75. The topological polar surface area (TPSA) is 87.7 Å². The van der Waals surface area contributed by atoms with Crippen LogP contribution in [0.3, 0.4) is 0 Å². The van der Waals surface area contributed by atoms with Crippen molar-refractivity contribution in [3.8, 4) is 0 Å². The molecule has 1 aliphatic rings. The Balaban J connectivity index is 2.26. The number of methoxy groups -OCH3 is 1. The van der Waals surface area contributed by atoms with Crippen molar-refractivity contribution >= 4 is 17.8 Å². The molecule has 1 aliphatic heterocycles. The van der Waals surface area contributed by atoms with Crippen molar-refractivity contribution in [2.24, 2.45) is 11.8 Å². The highest BCUT2D eigenvalue weighted by molar-refractivity contribution is 5.78. The molecule has 7 nitrogen and oxygen atoms in total. The van der Waals surface area contributed by atoms with Gasteiger partial charge in [0.1, 0.15) is 0 Å². The quantitative estimate of drug-likeness (QED) is 0.482. The van der Waals surface area contributed by atoms with E-state index in [0.29, 0.717) is 26.2 Å². The van der Waals surface area contributed by atoms with Crippen LogP contribution in [-0.2, 0) is 19.1 Å². The van der Waals surface area contributed by atoms with Gasteiger partial charge in [0.25, 0.3) is 0 Å². The summed E-state index contributed by atoms with van der Waals surface area (Å²) < 4.78 is 4.75. The molecule has 1 fully saturated rings. The molecule has 2 atom stereocenters. The molecular weight excluding hydrogens is 262 g/mol. The van der Waals surface area contributed by atoms with Crippen LogP contribution in [0, 0.1) is 11.8 Å². The second-order valence-electron chi connectivity index (χ2n) is 5.13. The number of carbonyl (C=O) groups is 3. The molecule has 0 aromatic carbocycles. The van der Waals surface area contributed by atoms with E-state index in [2.05, 4.69) is 10.6 Å². The first-order chi connectivity index (χ1) is 9.43. The maximum absolute atomic E-state index is 11.7. The van der Waals surface area contributed by atoms with Gasteiger partial charge in [0.05, 0.1) is 19.6 Å². The van der Waals surface area contributed by atoms with Crippen LogP contribution in [0.15, 0.2) is 0 Å². The summed E-state index contributed by atoms with van der Waals surface area (Å²) in [6, 6.07) is 0.